The van der Waals surface area contributed by atoms with E-state index in [0.717, 1.165) is 27.6 Å². The van der Waals surface area contributed by atoms with E-state index in [2.05, 4.69) is 34.8 Å². The maximum Gasteiger partial charge on any atom is 0.270 e. The van der Waals surface area contributed by atoms with E-state index < -0.39 is 0 Å². The number of halogens is 1. The number of hydrogen-bond acceptors (Lipinski definition) is 3. The number of rotatable bonds is 4. The highest BCUT2D eigenvalue weighted by atomic mass is 127. The van der Waals surface area contributed by atoms with Crippen molar-refractivity contribution in [3.8, 4) is 0 Å². The second-order valence-electron chi connectivity index (χ2n) is 5.09. The third-order valence-electron chi connectivity index (χ3n) is 3.55. The van der Waals surface area contributed by atoms with Crippen LogP contribution in [0.25, 0.3) is 0 Å². The molecular weight excluding hydrogens is 343 g/mol. The molecule has 0 aromatic heterocycles. The van der Waals surface area contributed by atoms with Crippen LogP contribution in [0, 0.1) is 25.5 Å². The number of anilines is 1. The summed E-state index contributed by atoms with van der Waals surface area (Å²) in [5, 5.41) is 14.1. The van der Waals surface area contributed by atoms with Crippen molar-refractivity contribution >= 4 is 34.0 Å². The highest BCUT2D eigenvalue weighted by Gasteiger charge is 2.21. The minimum atomic E-state index is -0.357. The molecule has 1 aliphatic carbocycles. The van der Waals surface area contributed by atoms with E-state index in [1.807, 2.05) is 0 Å². The van der Waals surface area contributed by atoms with Gasteiger partial charge in [-0.1, -0.05) is 13.3 Å². The van der Waals surface area contributed by atoms with Gasteiger partial charge in [0.05, 0.1) is 4.92 Å². The van der Waals surface area contributed by atoms with Gasteiger partial charge in [0.2, 0.25) is 0 Å². The van der Waals surface area contributed by atoms with Crippen molar-refractivity contribution in [1.82, 2.24) is 0 Å². The van der Waals surface area contributed by atoms with Crippen LogP contribution in [0.15, 0.2) is 18.2 Å². The van der Waals surface area contributed by atoms with Crippen molar-refractivity contribution in [2.24, 2.45) is 11.8 Å². The number of nitrogens with zero attached hydrogens (tertiary/aromatic N) is 1. The number of nitro groups is 1. The zero-order valence-corrected chi connectivity index (χ0v) is 12.5. The monoisotopic (exact) mass is 360 g/mol. The Hall–Kier alpha value is -0.850. The zero-order valence-electron chi connectivity index (χ0n) is 10.4. The molecule has 1 aliphatic rings. The van der Waals surface area contributed by atoms with Crippen LogP contribution in [0.4, 0.5) is 11.4 Å². The van der Waals surface area contributed by atoms with E-state index in [4.69, 9.17) is 0 Å². The maximum atomic E-state index is 10.6. The van der Waals surface area contributed by atoms with Gasteiger partial charge in [0.15, 0.2) is 0 Å². The molecule has 4 nitrogen and oxygen atoms in total. The van der Waals surface area contributed by atoms with E-state index in [1.54, 1.807) is 18.2 Å². The van der Waals surface area contributed by atoms with Crippen molar-refractivity contribution in [3.63, 3.8) is 0 Å². The molecule has 0 amide bonds. The standard InChI is InChI=1S/C13H17IN2O2/c1-9-2-3-10(6-9)8-15-13-5-4-11(16(17)18)7-12(13)14/h4-5,7,9-10,15H,2-3,6,8H2,1H3. The Balaban J connectivity index is 1.95. The third-order valence-corrected chi connectivity index (χ3v) is 4.44. The summed E-state index contributed by atoms with van der Waals surface area (Å²) in [4.78, 5) is 10.3. The highest BCUT2D eigenvalue weighted by Crippen LogP contribution is 2.31. The molecule has 18 heavy (non-hydrogen) atoms. The van der Waals surface area contributed by atoms with Gasteiger partial charge in [0.1, 0.15) is 0 Å². The molecule has 0 radical (unpaired) electrons. The zero-order chi connectivity index (χ0) is 13.1. The summed E-state index contributed by atoms with van der Waals surface area (Å²) in [6.45, 7) is 3.27. The molecule has 0 bridgehead atoms. The van der Waals surface area contributed by atoms with Crippen LogP contribution in [0.3, 0.4) is 0 Å². The topological polar surface area (TPSA) is 55.2 Å². The number of non-ortho nitro benzene ring substituents is 1. The molecule has 0 spiro atoms. The van der Waals surface area contributed by atoms with Crippen LogP contribution in [0.5, 0.6) is 0 Å². The second-order valence-corrected chi connectivity index (χ2v) is 6.25. The average Bonchev–Trinajstić information content (AvgIpc) is 2.73. The molecule has 1 aromatic rings. The molecule has 0 heterocycles. The maximum absolute atomic E-state index is 10.6. The first-order valence-electron chi connectivity index (χ1n) is 6.24. The Morgan fingerprint density at radius 2 is 2.28 bits per heavy atom. The molecule has 1 fully saturated rings. The normalized spacial score (nSPS) is 23.0. The molecule has 2 unspecified atom stereocenters. The smallest absolute Gasteiger partial charge is 0.270 e. The molecule has 0 aliphatic heterocycles. The summed E-state index contributed by atoms with van der Waals surface area (Å²) < 4.78 is 0.910. The number of hydrogen-bond donors (Lipinski definition) is 1. The Kier molecular flexibility index (Phi) is 4.42. The largest absolute Gasteiger partial charge is 0.384 e. The van der Waals surface area contributed by atoms with E-state index in [1.165, 1.54) is 19.3 Å². The summed E-state index contributed by atoms with van der Waals surface area (Å²) >= 11 is 2.14. The summed E-state index contributed by atoms with van der Waals surface area (Å²) in [5.74, 6) is 1.58. The average molecular weight is 360 g/mol. The van der Waals surface area contributed by atoms with Crippen molar-refractivity contribution in [1.29, 1.82) is 0 Å². The predicted molar refractivity (Wildman–Crippen MR) is 80.8 cm³/mol. The van der Waals surface area contributed by atoms with Gasteiger partial charge >= 0.3 is 0 Å². The summed E-state index contributed by atoms with van der Waals surface area (Å²) in [5.41, 5.74) is 1.15. The van der Waals surface area contributed by atoms with Crippen molar-refractivity contribution in [2.45, 2.75) is 26.2 Å². The van der Waals surface area contributed by atoms with Crippen LogP contribution in [0.1, 0.15) is 26.2 Å². The molecule has 5 heteroatoms. The lowest BCUT2D eigenvalue weighted by molar-refractivity contribution is -0.384. The van der Waals surface area contributed by atoms with Gasteiger partial charge in [-0.2, -0.15) is 0 Å². The molecule has 2 atom stereocenters. The fourth-order valence-electron chi connectivity index (χ4n) is 2.53. The summed E-state index contributed by atoms with van der Waals surface area (Å²) in [6.07, 6.45) is 3.90. The Labute approximate surface area is 120 Å². The molecule has 0 saturated heterocycles. The number of benzene rings is 1. The van der Waals surface area contributed by atoms with E-state index in [0.29, 0.717) is 0 Å². The molecule has 1 aromatic carbocycles. The van der Waals surface area contributed by atoms with Gasteiger partial charge in [-0.15, -0.1) is 0 Å². The van der Waals surface area contributed by atoms with Crippen LogP contribution in [-0.4, -0.2) is 11.5 Å². The van der Waals surface area contributed by atoms with Crippen LogP contribution < -0.4 is 5.32 Å². The van der Waals surface area contributed by atoms with Crippen molar-refractivity contribution in [2.75, 3.05) is 11.9 Å². The van der Waals surface area contributed by atoms with Gasteiger partial charge in [0, 0.05) is 27.9 Å². The summed E-state index contributed by atoms with van der Waals surface area (Å²) in [6, 6.07) is 4.97. The molecule has 2 rings (SSSR count). The van der Waals surface area contributed by atoms with Crippen molar-refractivity contribution < 1.29 is 4.92 Å². The highest BCUT2D eigenvalue weighted by molar-refractivity contribution is 14.1. The van der Waals surface area contributed by atoms with Gasteiger partial charge in [0.25, 0.3) is 5.69 Å². The van der Waals surface area contributed by atoms with Crippen LogP contribution >= 0.6 is 22.6 Å². The molecular formula is C13H17IN2O2. The minimum Gasteiger partial charge on any atom is -0.384 e. The molecule has 1 saturated carbocycles. The number of nitrogens with one attached hydrogen (secondary N) is 1. The fourth-order valence-corrected chi connectivity index (χ4v) is 3.22. The first-order chi connectivity index (χ1) is 8.56. The summed E-state index contributed by atoms with van der Waals surface area (Å²) in [7, 11) is 0. The third kappa shape index (κ3) is 3.34. The lowest BCUT2D eigenvalue weighted by atomic mass is 10.1. The lowest BCUT2D eigenvalue weighted by Gasteiger charge is -2.13. The first kappa shape index (κ1) is 13.6. The Bertz CT molecular complexity index is 451. The van der Waals surface area contributed by atoms with Crippen LogP contribution in [0.2, 0.25) is 0 Å². The molecule has 1 N–H and O–H groups in total. The fraction of sp³-hybridized carbons (Fsp3) is 0.538. The molecule has 98 valence electrons. The quantitative estimate of drug-likeness (QED) is 0.501. The first-order valence-corrected chi connectivity index (χ1v) is 7.32. The van der Waals surface area contributed by atoms with Crippen molar-refractivity contribution in [3.05, 3.63) is 31.9 Å². The number of nitro benzene ring substituents is 1. The van der Waals surface area contributed by atoms with Gasteiger partial charge in [-0.3, -0.25) is 10.1 Å². The SMILES string of the molecule is CC1CCC(CNc2ccc([N+](=O)[O-])cc2I)C1. The van der Waals surface area contributed by atoms with E-state index in [-0.39, 0.29) is 10.6 Å². The second kappa shape index (κ2) is 5.86. The van der Waals surface area contributed by atoms with Gasteiger partial charge in [-0.05, 0) is 53.3 Å². The minimum absolute atomic E-state index is 0.152. The van der Waals surface area contributed by atoms with E-state index in [9.17, 15) is 10.1 Å². The van der Waals surface area contributed by atoms with Gasteiger partial charge in [-0.25, -0.2) is 0 Å². The lowest BCUT2D eigenvalue weighted by Crippen LogP contribution is -2.12. The van der Waals surface area contributed by atoms with Gasteiger partial charge < -0.3 is 5.32 Å². The Morgan fingerprint density at radius 1 is 1.50 bits per heavy atom. The Morgan fingerprint density at radius 3 is 2.83 bits per heavy atom. The van der Waals surface area contributed by atoms with E-state index >= 15 is 0 Å². The van der Waals surface area contributed by atoms with Crippen LogP contribution in [-0.2, 0) is 0 Å². The predicted octanol–water partition coefficient (Wildman–Crippen LogP) is 4.05.